The highest BCUT2D eigenvalue weighted by Crippen LogP contribution is 2.21. The van der Waals surface area contributed by atoms with Crippen LogP contribution in [0.3, 0.4) is 0 Å². The number of rotatable bonds is 3. The predicted molar refractivity (Wildman–Crippen MR) is 48.0 cm³/mol. The van der Waals surface area contributed by atoms with E-state index in [1.54, 1.807) is 0 Å². The molecular weight excluding hydrogens is 188 g/mol. The zero-order chi connectivity index (χ0) is 10.7. The molecule has 0 saturated carbocycles. The highest BCUT2D eigenvalue weighted by Gasteiger charge is 2.19. The van der Waals surface area contributed by atoms with E-state index in [-0.39, 0.29) is 23.2 Å². The molecule has 1 heterocycles. The number of carbonyl (C=O) groups excluding carboxylic acids is 2. The van der Waals surface area contributed by atoms with Crippen LogP contribution in [-0.2, 0) is 4.79 Å². The van der Waals surface area contributed by atoms with Gasteiger partial charge in [0.2, 0.25) is 11.8 Å². The molecule has 0 unspecified atom stereocenters. The van der Waals surface area contributed by atoms with Crippen LogP contribution in [-0.4, -0.2) is 29.1 Å². The number of hydrogen-bond acceptors (Lipinski definition) is 4. The molecule has 0 aliphatic heterocycles. The quantitative estimate of drug-likeness (QED) is 0.606. The van der Waals surface area contributed by atoms with Gasteiger partial charge in [0.05, 0.1) is 7.11 Å². The predicted octanol–water partition coefficient (Wildman–Crippen LogP) is -0.524. The van der Waals surface area contributed by atoms with Crippen molar-refractivity contribution in [1.29, 1.82) is 0 Å². The second-order valence-corrected chi connectivity index (χ2v) is 2.53. The average molecular weight is 198 g/mol. The molecule has 0 saturated heterocycles. The number of carbonyl (C=O) groups is 2. The lowest BCUT2D eigenvalue weighted by atomic mass is 10.3. The first-order valence-corrected chi connectivity index (χ1v) is 3.76. The van der Waals surface area contributed by atoms with E-state index < -0.39 is 5.91 Å². The van der Waals surface area contributed by atoms with Crippen LogP contribution in [0.5, 0.6) is 5.88 Å². The Hall–Kier alpha value is -2.05. The first kappa shape index (κ1) is 10.0. The summed E-state index contributed by atoms with van der Waals surface area (Å²) in [7, 11) is 1.35. The van der Waals surface area contributed by atoms with E-state index >= 15 is 0 Å². The molecule has 1 aromatic heterocycles. The lowest BCUT2D eigenvalue weighted by molar-refractivity contribution is -0.114. The fourth-order valence-corrected chi connectivity index (χ4v) is 0.968. The van der Waals surface area contributed by atoms with E-state index in [1.165, 1.54) is 14.0 Å². The second kappa shape index (κ2) is 3.77. The van der Waals surface area contributed by atoms with E-state index in [0.717, 1.165) is 0 Å². The summed E-state index contributed by atoms with van der Waals surface area (Å²) in [4.78, 5) is 21.7. The van der Waals surface area contributed by atoms with Gasteiger partial charge < -0.3 is 15.8 Å². The maximum Gasteiger partial charge on any atom is 0.258 e. The molecule has 7 heteroatoms. The monoisotopic (exact) mass is 198 g/mol. The summed E-state index contributed by atoms with van der Waals surface area (Å²) in [5.74, 6) is -0.860. The molecule has 1 aromatic rings. The zero-order valence-corrected chi connectivity index (χ0v) is 7.75. The molecular formula is C7H10N4O3. The van der Waals surface area contributed by atoms with Crippen molar-refractivity contribution in [2.24, 2.45) is 5.73 Å². The summed E-state index contributed by atoms with van der Waals surface area (Å²) < 4.78 is 4.77. The van der Waals surface area contributed by atoms with Gasteiger partial charge in [0.1, 0.15) is 11.4 Å². The summed E-state index contributed by atoms with van der Waals surface area (Å²) in [6.45, 7) is 1.30. The highest BCUT2D eigenvalue weighted by atomic mass is 16.5. The van der Waals surface area contributed by atoms with Crippen molar-refractivity contribution in [2.75, 3.05) is 12.4 Å². The van der Waals surface area contributed by atoms with Gasteiger partial charge in [-0.2, -0.15) is 0 Å². The van der Waals surface area contributed by atoms with Crippen LogP contribution < -0.4 is 15.8 Å². The van der Waals surface area contributed by atoms with Gasteiger partial charge in [-0.15, -0.1) is 5.10 Å². The van der Waals surface area contributed by atoms with Crippen molar-refractivity contribution in [3.8, 4) is 5.88 Å². The minimum Gasteiger partial charge on any atom is -0.479 e. The van der Waals surface area contributed by atoms with Crippen LogP contribution in [0.25, 0.3) is 0 Å². The number of aromatic amines is 1. The van der Waals surface area contributed by atoms with Crippen molar-refractivity contribution in [3.05, 3.63) is 5.56 Å². The van der Waals surface area contributed by atoms with Gasteiger partial charge in [-0.25, -0.2) is 0 Å². The Kier molecular flexibility index (Phi) is 2.70. The summed E-state index contributed by atoms with van der Waals surface area (Å²) in [6.07, 6.45) is 0. The van der Waals surface area contributed by atoms with Crippen LogP contribution in [0.1, 0.15) is 17.3 Å². The van der Waals surface area contributed by atoms with Crippen molar-refractivity contribution in [2.45, 2.75) is 6.92 Å². The molecule has 4 N–H and O–H groups in total. The van der Waals surface area contributed by atoms with Crippen LogP contribution in [0.2, 0.25) is 0 Å². The third-order valence-electron chi connectivity index (χ3n) is 1.47. The van der Waals surface area contributed by atoms with Crippen LogP contribution >= 0.6 is 0 Å². The summed E-state index contributed by atoms with van der Waals surface area (Å²) >= 11 is 0. The number of ether oxygens (including phenoxy) is 1. The lowest BCUT2D eigenvalue weighted by Gasteiger charge is -2.00. The van der Waals surface area contributed by atoms with Crippen molar-refractivity contribution < 1.29 is 14.3 Å². The number of hydrogen-bond donors (Lipinski definition) is 3. The smallest absolute Gasteiger partial charge is 0.258 e. The molecule has 0 radical (unpaired) electrons. The third kappa shape index (κ3) is 1.82. The fraction of sp³-hybridized carbons (Fsp3) is 0.286. The molecule has 0 spiro atoms. The van der Waals surface area contributed by atoms with Crippen LogP contribution in [0.15, 0.2) is 0 Å². The number of nitrogens with one attached hydrogen (secondary N) is 2. The van der Waals surface area contributed by atoms with Gasteiger partial charge in [0.15, 0.2) is 0 Å². The zero-order valence-electron chi connectivity index (χ0n) is 7.75. The third-order valence-corrected chi connectivity index (χ3v) is 1.47. The summed E-state index contributed by atoms with van der Waals surface area (Å²) in [5, 5.41) is 8.45. The van der Waals surface area contributed by atoms with E-state index in [0.29, 0.717) is 0 Å². The summed E-state index contributed by atoms with van der Waals surface area (Å²) in [5.41, 5.74) is 5.11. The Bertz CT molecular complexity index is 371. The van der Waals surface area contributed by atoms with Gasteiger partial charge in [0.25, 0.3) is 5.91 Å². The Labute approximate surface area is 79.6 Å². The van der Waals surface area contributed by atoms with Gasteiger partial charge in [-0.3, -0.25) is 14.7 Å². The standard InChI is InChI=1S/C7H10N4O3/c1-3(12)9-6-4(5(8)13)7(14-2)11-10-6/h1-2H3,(H2,8,13)(H2,9,10,11,12). The minimum absolute atomic E-state index is 0.0303. The highest BCUT2D eigenvalue weighted by molar-refractivity contribution is 6.03. The Morgan fingerprint density at radius 3 is 2.64 bits per heavy atom. The molecule has 7 nitrogen and oxygen atoms in total. The molecule has 0 bridgehead atoms. The van der Waals surface area contributed by atoms with Crippen LogP contribution in [0, 0.1) is 0 Å². The number of aromatic nitrogens is 2. The number of nitrogens with two attached hydrogens (primary N) is 1. The normalized spacial score (nSPS) is 9.57. The van der Waals surface area contributed by atoms with Gasteiger partial charge >= 0.3 is 0 Å². The Morgan fingerprint density at radius 1 is 1.57 bits per heavy atom. The average Bonchev–Trinajstić information content (AvgIpc) is 2.46. The fourth-order valence-electron chi connectivity index (χ4n) is 0.968. The first-order valence-electron chi connectivity index (χ1n) is 3.76. The van der Waals surface area contributed by atoms with Gasteiger partial charge in [-0.05, 0) is 0 Å². The minimum atomic E-state index is -0.723. The number of amides is 2. The Balaban J connectivity index is 3.10. The topological polar surface area (TPSA) is 110 Å². The van der Waals surface area contributed by atoms with Crippen molar-refractivity contribution >= 4 is 17.6 Å². The number of anilines is 1. The first-order chi connectivity index (χ1) is 6.56. The van der Waals surface area contributed by atoms with E-state index in [4.69, 9.17) is 10.5 Å². The SMILES string of the molecule is COc1n[nH]c(NC(C)=O)c1C(N)=O. The maximum atomic E-state index is 11.0. The van der Waals surface area contributed by atoms with E-state index in [1.807, 2.05) is 0 Å². The number of nitrogens with zero attached hydrogens (tertiary/aromatic N) is 1. The molecule has 76 valence electrons. The van der Waals surface area contributed by atoms with Crippen molar-refractivity contribution in [1.82, 2.24) is 10.2 Å². The molecule has 14 heavy (non-hydrogen) atoms. The molecule has 0 atom stereocenters. The maximum absolute atomic E-state index is 11.0. The molecule has 0 aromatic carbocycles. The molecule has 0 aliphatic rings. The lowest BCUT2D eigenvalue weighted by Crippen LogP contribution is -2.16. The number of H-pyrrole nitrogens is 1. The molecule has 2 amide bonds. The van der Waals surface area contributed by atoms with E-state index in [9.17, 15) is 9.59 Å². The number of methoxy groups -OCH3 is 1. The molecule has 0 fully saturated rings. The van der Waals surface area contributed by atoms with Crippen molar-refractivity contribution in [3.63, 3.8) is 0 Å². The van der Waals surface area contributed by atoms with Gasteiger partial charge in [-0.1, -0.05) is 0 Å². The number of primary amides is 1. The summed E-state index contributed by atoms with van der Waals surface area (Å²) in [6, 6.07) is 0. The Morgan fingerprint density at radius 2 is 2.21 bits per heavy atom. The largest absolute Gasteiger partial charge is 0.479 e. The van der Waals surface area contributed by atoms with Gasteiger partial charge in [0, 0.05) is 6.92 Å². The molecule has 1 rings (SSSR count). The molecule has 0 aliphatic carbocycles. The second-order valence-electron chi connectivity index (χ2n) is 2.53. The van der Waals surface area contributed by atoms with Crippen LogP contribution in [0.4, 0.5) is 5.82 Å². The van der Waals surface area contributed by atoms with E-state index in [2.05, 4.69) is 15.5 Å².